The standard InChI is InChI=1S/C17H26BNO4/c1-16(2)17(3,4)23-18(22-16)13(11-19-5)9-12-10-14(20)7-8-15(12)21-6/h7-10,19-20H,11H2,1-6H3. The normalized spacial score (nSPS) is 19.9. The van der Waals surface area contributed by atoms with Gasteiger partial charge in [0.2, 0.25) is 0 Å². The highest BCUT2D eigenvalue weighted by Gasteiger charge is 2.52. The lowest BCUT2D eigenvalue weighted by atomic mass is 9.77. The van der Waals surface area contributed by atoms with Gasteiger partial charge in [-0.25, -0.2) is 0 Å². The fourth-order valence-corrected chi connectivity index (χ4v) is 2.44. The van der Waals surface area contributed by atoms with E-state index in [-0.39, 0.29) is 5.75 Å². The first-order chi connectivity index (χ1) is 10.7. The average molecular weight is 319 g/mol. The summed E-state index contributed by atoms with van der Waals surface area (Å²) in [4.78, 5) is 0. The number of hydrogen-bond donors (Lipinski definition) is 2. The lowest BCUT2D eigenvalue weighted by molar-refractivity contribution is 0.00578. The van der Waals surface area contributed by atoms with Gasteiger partial charge in [0.05, 0.1) is 18.3 Å². The maximum atomic E-state index is 9.74. The van der Waals surface area contributed by atoms with Gasteiger partial charge in [-0.05, 0) is 58.4 Å². The smallest absolute Gasteiger partial charge is 0.491 e. The van der Waals surface area contributed by atoms with E-state index in [9.17, 15) is 5.11 Å². The maximum Gasteiger partial charge on any atom is 0.491 e. The summed E-state index contributed by atoms with van der Waals surface area (Å²) < 4.78 is 17.6. The van der Waals surface area contributed by atoms with Crippen LogP contribution in [0.25, 0.3) is 6.08 Å². The summed E-state index contributed by atoms with van der Waals surface area (Å²) in [5.41, 5.74) is 0.934. The SMILES string of the molecule is CNCC(=Cc1cc(O)ccc1OC)B1OC(C)(C)C(C)(C)O1. The van der Waals surface area contributed by atoms with Crippen LogP contribution in [0.4, 0.5) is 0 Å². The van der Waals surface area contributed by atoms with E-state index in [0.717, 1.165) is 11.0 Å². The molecule has 6 heteroatoms. The molecule has 0 amide bonds. The molecule has 0 bridgehead atoms. The quantitative estimate of drug-likeness (QED) is 0.817. The van der Waals surface area contributed by atoms with Crippen LogP contribution in [-0.4, -0.2) is 44.1 Å². The first-order valence-electron chi connectivity index (χ1n) is 7.78. The van der Waals surface area contributed by atoms with Crippen molar-refractivity contribution in [3.63, 3.8) is 0 Å². The summed E-state index contributed by atoms with van der Waals surface area (Å²) in [5, 5.41) is 12.9. The van der Waals surface area contributed by atoms with Gasteiger partial charge in [-0.3, -0.25) is 0 Å². The van der Waals surface area contributed by atoms with E-state index < -0.39 is 18.3 Å². The molecule has 2 N–H and O–H groups in total. The summed E-state index contributed by atoms with van der Waals surface area (Å²) in [6, 6.07) is 5.00. The number of ether oxygens (including phenoxy) is 1. The molecule has 23 heavy (non-hydrogen) atoms. The van der Waals surface area contributed by atoms with Crippen LogP contribution in [0.5, 0.6) is 11.5 Å². The minimum absolute atomic E-state index is 0.190. The van der Waals surface area contributed by atoms with Crippen molar-refractivity contribution in [3.8, 4) is 11.5 Å². The summed E-state index contributed by atoms with van der Waals surface area (Å²) in [6.07, 6.45) is 1.94. The Morgan fingerprint density at radius 3 is 2.39 bits per heavy atom. The Bertz CT molecular complexity index is 582. The van der Waals surface area contributed by atoms with E-state index in [1.807, 2.05) is 40.8 Å². The minimum atomic E-state index is -0.445. The molecule has 0 atom stereocenters. The van der Waals surface area contributed by atoms with E-state index in [0.29, 0.717) is 12.3 Å². The van der Waals surface area contributed by atoms with Crippen molar-refractivity contribution in [2.75, 3.05) is 20.7 Å². The number of phenols is 1. The zero-order valence-corrected chi connectivity index (χ0v) is 14.8. The minimum Gasteiger partial charge on any atom is -0.508 e. The van der Waals surface area contributed by atoms with Crippen LogP contribution in [0.1, 0.15) is 33.3 Å². The van der Waals surface area contributed by atoms with Crippen molar-refractivity contribution in [1.29, 1.82) is 0 Å². The highest BCUT2D eigenvalue weighted by molar-refractivity contribution is 6.56. The summed E-state index contributed by atoms with van der Waals surface area (Å²) in [7, 11) is 3.04. The molecule has 0 spiro atoms. The molecule has 1 aromatic rings. The molecule has 1 aromatic carbocycles. The van der Waals surface area contributed by atoms with Gasteiger partial charge in [-0.2, -0.15) is 0 Å². The molecule has 0 aromatic heterocycles. The molecule has 1 aliphatic heterocycles. The third-order valence-corrected chi connectivity index (χ3v) is 4.49. The molecule has 0 radical (unpaired) electrons. The first kappa shape index (κ1) is 17.9. The Labute approximate surface area is 138 Å². The Morgan fingerprint density at radius 2 is 1.87 bits per heavy atom. The van der Waals surface area contributed by atoms with Crippen LogP contribution in [0.3, 0.4) is 0 Å². The molecule has 1 heterocycles. The molecule has 126 valence electrons. The molecule has 5 nitrogen and oxygen atoms in total. The summed E-state index contributed by atoms with van der Waals surface area (Å²) in [6.45, 7) is 8.71. The lowest BCUT2D eigenvalue weighted by Crippen LogP contribution is -2.41. The van der Waals surface area contributed by atoms with Crippen LogP contribution >= 0.6 is 0 Å². The van der Waals surface area contributed by atoms with Gasteiger partial charge in [0.15, 0.2) is 0 Å². The van der Waals surface area contributed by atoms with E-state index in [1.165, 1.54) is 0 Å². The highest BCUT2D eigenvalue weighted by atomic mass is 16.7. The Balaban J connectivity index is 2.38. The van der Waals surface area contributed by atoms with Crippen molar-refractivity contribution >= 4 is 13.2 Å². The molecule has 0 aliphatic carbocycles. The maximum absolute atomic E-state index is 9.74. The number of benzene rings is 1. The van der Waals surface area contributed by atoms with Gasteiger partial charge in [0.25, 0.3) is 0 Å². The first-order valence-corrected chi connectivity index (χ1v) is 7.78. The van der Waals surface area contributed by atoms with E-state index in [4.69, 9.17) is 14.0 Å². The number of rotatable bonds is 5. The number of hydrogen-bond acceptors (Lipinski definition) is 5. The second kappa shape index (κ2) is 6.55. The third-order valence-electron chi connectivity index (χ3n) is 4.49. The molecule has 0 saturated carbocycles. The van der Waals surface area contributed by atoms with Crippen LogP contribution in [-0.2, 0) is 9.31 Å². The number of likely N-dealkylation sites (N-methyl/N-ethyl adjacent to an activating group) is 1. The molecule has 0 unspecified atom stereocenters. The van der Waals surface area contributed by atoms with Crippen molar-refractivity contribution in [3.05, 3.63) is 29.2 Å². The van der Waals surface area contributed by atoms with Crippen LogP contribution < -0.4 is 10.1 Å². The van der Waals surface area contributed by atoms with Gasteiger partial charge in [0, 0.05) is 12.1 Å². The summed E-state index contributed by atoms with van der Waals surface area (Å²) in [5.74, 6) is 0.877. The van der Waals surface area contributed by atoms with Gasteiger partial charge in [-0.1, -0.05) is 6.08 Å². The highest BCUT2D eigenvalue weighted by Crippen LogP contribution is 2.39. The second-order valence-electron chi connectivity index (χ2n) is 6.76. The van der Waals surface area contributed by atoms with Gasteiger partial charge < -0.3 is 24.5 Å². The van der Waals surface area contributed by atoms with Crippen molar-refractivity contribution in [1.82, 2.24) is 5.32 Å². The van der Waals surface area contributed by atoms with Crippen molar-refractivity contribution in [2.45, 2.75) is 38.9 Å². The van der Waals surface area contributed by atoms with E-state index >= 15 is 0 Å². The fraction of sp³-hybridized carbons (Fsp3) is 0.529. The summed E-state index contributed by atoms with van der Waals surface area (Å²) >= 11 is 0. The fourth-order valence-electron chi connectivity index (χ4n) is 2.44. The van der Waals surface area contributed by atoms with Crippen molar-refractivity contribution < 1.29 is 19.2 Å². The molecule has 1 saturated heterocycles. The van der Waals surface area contributed by atoms with Gasteiger partial charge in [-0.15, -0.1) is 0 Å². The lowest BCUT2D eigenvalue weighted by Gasteiger charge is -2.32. The predicted molar refractivity (Wildman–Crippen MR) is 92.6 cm³/mol. The third kappa shape index (κ3) is 3.71. The zero-order chi connectivity index (χ0) is 17.3. The molecule has 1 aliphatic rings. The molecule has 1 fully saturated rings. The number of nitrogens with one attached hydrogen (secondary N) is 1. The second-order valence-corrected chi connectivity index (χ2v) is 6.76. The van der Waals surface area contributed by atoms with E-state index in [2.05, 4.69) is 5.32 Å². The largest absolute Gasteiger partial charge is 0.508 e. The van der Waals surface area contributed by atoms with E-state index in [1.54, 1.807) is 25.3 Å². The Morgan fingerprint density at radius 1 is 1.26 bits per heavy atom. The van der Waals surface area contributed by atoms with Gasteiger partial charge in [0.1, 0.15) is 11.5 Å². The zero-order valence-electron chi connectivity index (χ0n) is 14.8. The number of phenolic OH excluding ortho intramolecular Hbond substituents is 1. The van der Waals surface area contributed by atoms with Gasteiger partial charge >= 0.3 is 7.12 Å². The Hall–Kier alpha value is -1.50. The van der Waals surface area contributed by atoms with Crippen LogP contribution in [0, 0.1) is 0 Å². The van der Waals surface area contributed by atoms with Crippen LogP contribution in [0.2, 0.25) is 0 Å². The molecular weight excluding hydrogens is 293 g/mol. The molecule has 2 rings (SSSR count). The Kier molecular flexibility index (Phi) is 5.09. The average Bonchev–Trinajstić information content (AvgIpc) is 2.67. The number of methoxy groups -OCH3 is 1. The predicted octanol–water partition coefficient (Wildman–Crippen LogP) is 2.64. The van der Waals surface area contributed by atoms with Crippen molar-refractivity contribution in [2.24, 2.45) is 0 Å². The van der Waals surface area contributed by atoms with Crippen LogP contribution in [0.15, 0.2) is 23.7 Å². The number of aromatic hydroxyl groups is 1. The molecular formula is C17H26BNO4. The monoisotopic (exact) mass is 319 g/mol. The topological polar surface area (TPSA) is 60.0 Å².